The Labute approximate surface area is 94.5 Å². The van der Waals surface area contributed by atoms with E-state index >= 15 is 0 Å². The minimum Gasteiger partial charge on any atom is -0.481 e. The number of aliphatic carboxylic acids is 1. The molecule has 5 nitrogen and oxygen atoms in total. The van der Waals surface area contributed by atoms with Crippen LogP contribution in [0.3, 0.4) is 0 Å². The average Bonchev–Trinajstić information content (AvgIpc) is 2.73. The third-order valence-corrected chi connectivity index (χ3v) is 2.92. The van der Waals surface area contributed by atoms with Gasteiger partial charge in [-0.15, -0.1) is 0 Å². The highest BCUT2D eigenvalue weighted by molar-refractivity contribution is 5.76. The van der Waals surface area contributed by atoms with Gasteiger partial charge in [0, 0.05) is 6.54 Å². The fraction of sp³-hybridized carbons (Fsp3) is 0.636. The molecular formula is C11H17NO4. The number of ether oxygens (including phenoxy) is 1. The number of nitrogens with one attached hydrogen (secondary N) is 1. The first-order chi connectivity index (χ1) is 7.60. The summed E-state index contributed by atoms with van der Waals surface area (Å²) in [6.07, 6.45) is 3.90. The summed E-state index contributed by atoms with van der Waals surface area (Å²) in [4.78, 5) is 22.3. The van der Waals surface area contributed by atoms with E-state index in [1.54, 1.807) is 0 Å². The number of carboxylic acids is 1. The third-order valence-electron chi connectivity index (χ3n) is 2.92. The molecule has 0 saturated heterocycles. The van der Waals surface area contributed by atoms with Crippen molar-refractivity contribution in [2.75, 3.05) is 13.2 Å². The van der Waals surface area contributed by atoms with E-state index in [-0.39, 0.29) is 13.2 Å². The zero-order chi connectivity index (χ0) is 12.0. The van der Waals surface area contributed by atoms with Gasteiger partial charge in [-0.3, -0.25) is 4.79 Å². The minimum absolute atomic E-state index is 0.131. The lowest BCUT2D eigenvalue weighted by Gasteiger charge is -2.23. The van der Waals surface area contributed by atoms with Crippen molar-refractivity contribution in [1.29, 1.82) is 0 Å². The van der Waals surface area contributed by atoms with E-state index in [1.165, 1.54) is 6.08 Å². The standard InChI is InChI=1S/C11H17NO4/c1-2-7-16-10(15)12-8-11(9(13)14)5-3-4-6-11/h2H,1,3-8H2,(H,12,15)(H,13,14). The zero-order valence-corrected chi connectivity index (χ0v) is 9.20. The van der Waals surface area contributed by atoms with Crippen LogP contribution in [0.25, 0.3) is 0 Å². The van der Waals surface area contributed by atoms with Crippen molar-refractivity contribution in [1.82, 2.24) is 5.32 Å². The summed E-state index contributed by atoms with van der Waals surface area (Å²) in [7, 11) is 0. The number of carboxylic acid groups (broad SMARTS) is 1. The molecule has 1 amide bonds. The van der Waals surface area contributed by atoms with Gasteiger partial charge < -0.3 is 15.2 Å². The number of carbonyl (C=O) groups is 2. The Morgan fingerprint density at radius 3 is 2.56 bits per heavy atom. The molecule has 1 aliphatic rings. The molecule has 5 heteroatoms. The van der Waals surface area contributed by atoms with Crippen molar-refractivity contribution >= 4 is 12.1 Å². The van der Waals surface area contributed by atoms with Gasteiger partial charge in [-0.2, -0.15) is 0 Å². The van der Waals surface area contributed by atoms with Gasteiger partial charge in [0.2, 0.25) is 0 Å². The lowest BCUT2D eigenvalue weighted by Crippen LogP contribution is -2.41. The van der Waals surface area contributed by atoms with Gasteiger partial charge >= 0.3 is 12.1 Å². The van der Waals surface area contributed by atoms with Crippen molar-refractivity contribution < 1.29 is 19.4 Å². The van der Waals surface area contributed by atoms with E-state index in [0.29, 0.717) is 12.8 Å². The molecule has 2 N–H and O–H groups in total. The first-order valence-electron chi connectivity index (χ1n) is 5.36. The summed E-state index contributed by atoms with van der Waals surface area (Å²) < 4.78 is 4.71. The Morgan fingerprint density at radius 2 is 2.06 bits per heavy atom. The molecule has 0 unspecified atom stereocenters. The largest absolute Gasteiger partial charge is 0.481 e. The van der Waals surface area contributed by atoms with Crippen LogP contribution in [0.5, 0.6) is 0 Å². The maximum absolute atomic E-state index is 11.1. The maximum Gasteiger partial charge on any atom is 0.407 e. The fourth-order valence-corrected chi connectivity index (χ4v) is 1.95. The molecule has 16 heavy (non-hydrogen) atoms. The van der Waals surface area contributed by atoms with Crippen molar-refractivity contribution in [2.24, 2.45) is 5.41 Å². The van der Waals surface area contributed by atoms with E-state index in [4.69, 9.17) is 9.84 Å². The van der Waals surface area contributed by atoms with Crippen molar-refractivity contribution in [2.45, 2.75) is 25.7 Å². The third kappa shape index (κ3) is 2.98. The molecule has 1 aliphatic carbocycles. The van der Waals surface area contributed by atoms with Gasteiger partial charge in [0.05, 0.1) is 5.41 Å². The lowest BCUT2D eigenvalue weighted by atomic mass is 9.86. The van der Waals surface area contributed by atoms with Crippen LogP contribution in [0.1, 0.15) is 25.7 Å². The maximum atomic E-state index is 11.1. The second-order valence-electron chi connectivity index (χ2n) is 4.03. The van der Waals surface area contributed by atoms with Crippen LogP contribution in [0, 0.1) is 5.41 Å². The molecule has 0 aromatic rings. The molecule has 0 radical (unpaired) electrons. The summed E-state index contributed by atoms with van der Waals surface area (Å²) in [6.45, 7) is 3.68. The topological polar surface area (TPSA) is 75.6 Å². The Hall–Kier alpha value is -1.52. The Balaban J connectivity index is 2.42. The normalized spacial score (nSPS) is 17.8. The first-order valence-corrected chi connectivity index (χ1v) is 5.36. The van der Waals surface area contributed by atoms with E-state index < -0.39 is 17.5 Å². The van der Waals surface area contributed by atoms with Gasteiger partial charge in [0.1, 0.15) is 6.61 Å². The van der Waals surface area contributed by atoms with Crippen LogP contribution in [0.2, 0.25) is 0 Å². The Morgan fingerprint density at radius 1 is 1.44 bits per heavy atom. The summed E-state index contributed by atoms with van der Waals surface area (Å²) in [5.74, 6) is -0.839. The summed E-state index contributed by atoms with van der Waals surface area (Å²) >= 11 is 0. The molecule has 1 saturated carbocycles. The Kier molecular flexibility index (Phi) is 4.34. The highest BCUT2D eigenvalue weighted by Gasteiger charge is 2.41. The molecule has 0 aromatic heterocycles. The summed E-state index contributed by atoms with van der Waals surface area (Å²) in [6, 6.07) is 0. The van der Waals surface area contributed by atoms with Crippen molar-refractivity contribution in [3.05, 3.63) is 12.7 Å². The number of carbonyl (C=O) groups excluding carboxylic acids is 1. The number of alkyl carbamates (subject to hydrolysis) is 1. The van der Waals surface area contributed by atoms with E-state index in [2.05, 4.69) is 11.9 Å². The number of amides is 1. The summed E-state index contributed by atoms with van der Waals surface area (Å²) in [5, 5.41) is 11.6. The molecule has 0 spiro atoms. The molecule has 0 heterocycles. The molecule has 0 bridgehead atoms. The summed E-state index contributed by atoms with van der Waals surface area (Å²) in [5.41, 5.74) is -0.798. The Bertz CT molecular complexity index is 282. The molecule has 0 atom stereocenters. The number of hydrogen-bond acceptors (Lipinski definition) is 3. The van der Waals surface area contributed by atoms with Gasteiger partial charge in [0.25, 0.3) is 0 Å². The SMILES string of the molecule is C=CCOC(=O)NCC1(C(=O)O)CCCC1. The second-order valence-corrected chi connectivity index (χ2v) is 4.03. The highest BCUT2D eigenvalue weighted by atomic mass is 16.5. The lowest BCUT2D eigenvalue weighted by molar-refractivity contribution is -0.148. The van der Waals surface area contributed by atoms with Gasteiger partial charge in [0.15, 0.2) is 0 Å². The molecule has 1 fully saturated rings. The van der Waals surface area contributed by atoms with E-state index in [9.17, 15) is 9.59 Å². The van der Waals surface area contributed by atoms with Crippen LogP contribution >= 0.6 is 0 Å². The van der Waals surface area contributed by atoms with Gasteiger partial charge in [-0.1, -0.05) is 25.5 Å². The number of hydrogen-bond donors (Lipinski definition) is 2. The van der Waals surface area contributed by atoms with Crippen molar-refractivity contribution in [3.63, 3.8) is 0 Å². The molecular weight excluding hydrogens is 210 g/mol. The highest BCUT2D eigenvalue weighted by Crippen LogP contribution is 2.37. The van der Waals surface area contributed by atoms with Crippen molar-refractivity contribution in [3.8, 4) is 0 Å². The molecule has 90 valence electrons. The molecule has 0 aromatic carbocycles. The fourth-order valence-electron chi connectivity index (χ4n) is 1.95. The van der Waals surface area contributed by atoms with Crippen LogP contribution in [-0.2, 0) is 9.53 Å². The van der Waals surface area contributed by atoms with Crippen LogP contribution < -0.4 is 5.32 Å². The first kappa shape index (κ1) is 12.5. The van der Waals surface area contributed by atoms with Gasteiger partial charge in [-0.05, 0) is 12.8 Å². The quantitative estimate of drug-likeness (QED) is 0.698. The average molecular weight is 227 g/mol. The smallest absolute Gasteiger partial charge is 0.407 e. The predicted octanol–water partition coefficient (Wildman–Crippen LogP) is 1.54. The van der Waals surface area contributed by atoms with E-state index in [1.807, 2.05) is 0 Å². The van der Waals surface area contributed by atoms with Crippen LogP contribution in [0.4, 0.5) is 4.79 Å². The van der Waals surface area contributed by atoms with Crippen LogP contribution in [0.15, 0.2) is 12.7 Å². The molecule has 1 rings (SSSR count). The monoisotopic (exact) mass is 227 g/mol. The van der Waals surface area contributed by atoms with Gasteiger partial charge in [-0.25, -0.2) is 4.79 Å². The zero-order valence-electron chi connectivity index (χ0n) is 9.20. The number of rotatable bonds is 5. The van der Waals surface area contributed by atoms with E-state index in [0.717, 1.165) is 12.8 Å². The predicted molar refractivity (Wildman–Crippen MR) is 58.1 cm³/mol. The second kappa shape index (κ2) is 5.53. The van der Waals surface area contributed by atoms with Crippen LogP contribution in [-0.4, -0.2) is 30.3 Å². The molecule has 0 aliphatic heterocycles. The minimum atomic E-state index is -0.839.